The number of hydrogen-bond donors (Lipinski definition) is 2. The van der Waals surface area contributed by atoms with E-state index in [0.717, 1.165) is 32.4 Å². The van der Waals surface area contributed by atoms with E-state index < -0.39 is 16.7 Å². The summed E-state index contributed by atoms with van der Waals surface area (Å²) in [7, 11) is 0. The molecule has 0 bridgehead atoms. The zero-order valence-corrected chi connectivity index (χ0v) is 16.0. The Bertz CT molecular complexity index is 893. The number of nitrogens with zero attached hydrogens (tertiary/aromatic N) is 2. The van der Waals surface area contributed by atoms with Crippen LogP contribution >= 0.6 is 0 Å². The SMILES string of the molecule is NC(=O)CNC(=O)c1cc([N+](=O)[O-])ccc1N1CCC(Cc2ccccc2)CC1. The first-order valence-electron chi connectivity index (χ1n) is 9.58. The first-order valence-corrected chi connectivity index (χ1v) is 9.58. The van der Waals surface area contributed by atoms with Crippen LogP contribution in [0.25, 0.3) is 0 Å². The molecule has 0 saturated carbocycles. The van der Waals surface area contributed by atoms with Crippen LogP contribution in [-0.4, -0.2) is 36.4 Å². The number of benzene rings is 2. The second-order valence-electron chi connectivity index (χ2n) is 7.23. The van der Waals surface area contributed by atoms with Gasteiger partial charge in [0.2, 0.25) is 5.91 Å². The summed E-state index contributed by atoms with van der Waals surface area (Å²) in [5.41, 5.74) is 7.04. The molecule has 3 rings (SSSR count). The number of non-ortho nitro benzene ring substituents is 1. The van der Waals surface area contributed by atoms with Crippen molar-refractivity contribution >= 4 is 23.2 Å². The van der Waals surface area contributed by atoms with Crippen LogP contribution in [0.1, 0.15) is 28.8 Å². The van der Waals surface area contributed by atoms with Gasteiger partial charge in [0.05, 0.1) is 22.7 Å². The summed E-state index contributed by atoms with van der Waals surface area (Å²) in [5, 5.41) is 13.6. The van der Waals surface area contributed by atoms with Crippen molar-refractivity contribution in [2.24, 2.45) is 11.7 Å². The summed E-state index contributed by atoms with van der Waals surface area (Å²) in [4.78, 5) is 36.2. The zero-order valence-electron chi connectivity index (χ0n) is 16.0. The fourth-order valence-electron chi connectivity index (χ4n) is 3.68. The number of anilines is 1. The molecule has 1 saturated heterocycles. The van der Waals surface area contributed by atoms with Crippen molar-refractivity contribution in [3.05, 3.63) is 69.8 Å². The van der Waals surface area contributed by atoms with E-state index in [2.05, 4.69) is 22.3 Å². The second-order valence-corrected chi connectivity index (χ2v) is 7.23. The van der Waals surface area contributed by atoms with Gasteiger partial charge < -0.3 is 16.0 Å². The molecule has 0 spiro atoms. The molecular weight excluding hydrogens is 372 g/mol. The van der Waals surface area contributed by atoms with Gasteiger partial charge in [-0.05, 0) is 36.8 Å². The Morgan fingerprint density at radius 2 is 1.83 bits per heavy atom. The average Bonchev–Trinajstić information content (AvgIpc) is 2.73. The van der Waals surface area contributed by atoms with Gasteiger partial charge in [0, 0.05) is 25.2 Å². The first kappa shape index (κ1) is 20.3. The predicted octanol–water partition coefficient (Wildman–Crippen LogP) is 2.27. The first-order chi connectivity index (χ1) is 13.9. The number of nitrogens with two attached hydrogens (primary N) is 1. The van der Waals surface area contributed by atoms with Crippen molar-refractivity contribution in [2.45, 2.75) is 19.3 Å². The lowest BCUT2D eigenvalue weighted by molar-refractivity contribution is -0.384. The van der Waals surface area contributed by atoms with Gasteiger partial charge >= 0.3 is 0 Å². The Morgan fingerprint density at radius 1 is 1.14 bits per heavy atom. The molecule has 0 aromatic heterocycles. The van der Waals surface area contributed by atoms with Crippen molar-refractivity contribution in [3.8, 4) is 0 Å². The van der Waals surface area contributed by atoms with Crippen LogP contribution in [0.4, 0.5) is 11.4 Å². The summed E-state index contributed by atoms with van der Waals surface area (Å²) in [6.07, 6.45) is 2.95. The number of nitro benzene ring substituents is 1. The van der Waals surface area contributed by atoms with Gasteiger partial charge in [0.1, 0.15) is 0 Å². The van der Waals surface area contributed by atoms with Gasteiger partial charge in [-0.3, -0.25) is 19.7 Å². The molecule has 2 amide bonds. The van der Waals surface area contributed by atoms with Crippen molar-refractivity contribution in [1.82, 2.24) is 5.32 Å². The number of rotatable bonds is 7. The molecule has 2 aromatic rings. The smallest absolute Gasteiger partial charge is 0.270 e. The summed E-state index contributed by atoms with van der Waals surface area (Å²) < 4.78 is 0. The van der Waals surface area contributed by atoms with E-state index in [1.165, 1.54) is 17.7 Å². The summed E-state index contributed by atoms with van der Waals surface area (Å²) >= 11 is 0. The number of nitrogens with one attached hydrogen (secondary N) is 1. The third-order valence-corrected chi connectivity index (χ3v) is 5.18. The van der Waals surface area contributed by atoms with Crippen LogP contribution in [0.15, 0.2) is 48.5 Å². The molecule has 0 radical (unpaired) electrons. The van der Waals surface area contributed by atoms with E-state index in [9.17, 15) is 19.7 Å². The maximum Gasteiger partial charge on any atom is 0.270 e. The zero-order chi connectivity index (χ0) is 20.8. The largest absolute Gasteiger partial charge is 0.371 e. The van der Waals surface area contributed by atoms with E-state index in [4.69, 9.17) is 5.73 Å². The molecule has 0 unspecified atom stereocenters. The fourth-order valence-corrected chi connectivity index (χ4v) is 3.68. The average molecular weight is 396 g/mol. The van der Waals surface area contributed by atoms with Crippen molar-refractivity contribution in [3.63, 3.8) is 0 Å². The molecule has 8 nitrogen and oxygen atoms in total. The molecule has 1 aliphatic heterocycles. The quantitative estimate of drug-likeness (QED) is 0.550. The highest BCUT2D eigenvalue weighted by molar-refractivity contribution is 6.01. The minimum absolute atomic E-state index is 0.170. The van der Waals surface area contributed by atoms with Crippen LogP contribution < -0.4 is 16.0 Å². The molecular formula is C21H24N4O4. The maximum atomic E-state index is 12.5. The van der Waals surface area contributed by atoms with Crippen molar-refractivity contribution in [2.75, 3.05) is 24.5 Å². The Balaban J connectivity index is 1.73. The van der Waals surface area contributed by atoms with E-state index in [-0.39, 0.29) is 17.8 Å². The Labute approximate surface area is 168 Å². The number of piperidine rings is 1. The molecule has 0 atom stereocenters. The number of carbonyl (C=O) groups is 2. The molecule has 1 heterocycles. The maximum absolute atomic E-state index is 12.5. The van der Waals surface area contributed by atoms with Crippen LogP contribution in [-0.2, 0) is 11.2 Å². The molecule has 1 fully saturated rings. The van der Waals surface area contributed by atoms with Gasteiger partial charge in [0.25, 0.3) is 11.6 Å². The van der Waals surface area contributed by atoms with Gasteiger partial charge in [-0.25, -0.2) is 0 Å². The van der Waals surface area contributed by atoms with Crippen molar-refractivity contribution in [1.29, 1.82) is 0 Å². The minimum Gasteiger partial charge on any atom is -0.371 e. The predicted molar refractivity (Wildman–Crippen MR) is 110 cm³/mol. The molecule has 3 N–H and O–H groups in total. The molecule has 29 heavy (non-hydrogen) atoms. The van der Waals surface area contributed by atoms with Gasteiger partial charge in [-0.1, -0.05) is 30.3 Å². The van der Waals surface area contributed by atoms with Crippen LogP contribution in [0, 0.1) is 16.0 Å². The van der Waals surface area contributed by atoms with E-state index >= 15 is 0 Å². The molecule has 0 aliphatic carbocycles. The number of primary amides is 1. The minimum atomic E-state index is -0.674. The Morgan fingerprint density at radius 3 is 2.45 bits per heavy atom. The fraction of sp³-hybridized carbons (Fsp3) is 0.333. The van der Waals surface area contributed by atoms with Gasteiger partial charge in [-0.15, -0.1) is 0 Å². The Kier molecular flexibility index (Phi) is 6.43. The summed E-state index contributed by atoms with van der Waals surface area (Å²) in [6.45, 7) is 1.19. The monoisotopic (exact) mass is 396 g/mol. The molecule has 152 valence electrons. The summed E-state index contributed by atoms with van der Waals surface area (Å²) in [5.74, 6) is -0.667. The van der Waals surface area contributed by atoms with Crippen LogP contribution in [0.3, 0.4) is 0 Å². The summed E-state index contributed by atoms with van der Waals surface area (Å²) in [6, 6.07) is 14.6. The molecule has 8 heteroatoms. The highest BCUT2D eigenvalue weighted by Crippen LogP contribution is 2.30. The van der Waals surface area contributed by atoms with Crippen molar-refractivity contribution < 1.29 is 14.5 Å². The number of nitro groups is 1. The van der Waals surface area contributed by atoms with Crippen LogP contribution in [0.5, 0.6) is 0 Å². The van der Waals surface area contributed by atoms with E-state index in [0.29, 0.717) is 11.6 Å². The van der Waals surface area contributed by atoms with E-state index in [1.807, 2.05) is 18.2 Å². The number of hydrogen-bond acceptors (Lipinski definition) is 5. The lowest BCUT2D eigenvalue weighted by Crippen LogP contribution is -2.37. The highest BCUT2D eigenvalue weighted by Gasteiger charge is 2.25. The highest BCUT2D eigenvalue weighted by atomic mass is 16.6. The van der Waals surface area contributed by atoms with Crippen LogP contribution in [0.2, 0.25) is 0 Å². The lowest BCUT2D eigenvalue weighted by atomic mass is 9.89. The molecule has 2 aromatic carbocycles. The van der Waals surface area contributed by atoms with Gasteiger partial charge in [0.15, 0.2) is 0 Å². The standard InChI is InChI=1S/C21H24N4O4/c22-20(26)14-23-21(27)18-13-17(25(28)29)6-7-19(18)24-10-8-16(9-11-24)12-15-4-2-1-3-5-15/h1-7,13,16H,8-12,14H2,(H2,22,26)(H,23,27). The lowest BCUT2D eigenvalue weighted by Gasteiger charge is -2.34. The molecule has 1 aliphatic rings. The number of amides is 2. The third kappa shape index (κ3) is 5.31. The second kappa shape index (κ2) is 9.18. The van der Waals surface area contributed by atoms with E-state index in [1.54, 1.807) is 6.07 Å². The van der Waals surface area contributed by atoms with Gasteiger partial charge in [-0.2, -0.15) is 0 Å². The third-order valence-electron chi connectivity index (χ3n) is 5.18. The normalized spacial score (nSPS) is 14.4. The topological polar surface area (TPSA) is 119 Å². The Hall–Kier alpha value is -3.42. The number of carbonyl (C=O) groups excluding carboxylic acids is 2.